The van der Waals surface area contributed by atoms with Gasteiger partial charge in [0.1, 0.15) is 23.0 Å². The van der Waals surface area contributed by atoms with Gasteiger partial charge in [-0.1, -0.05) is 0 Å². The lowest BCUT2D eigenvalue weighted by Crippen LogP contribution is -2.18. The van der Waals surface area contributed by atoms with Crippen LogP contribution >= 0.6 is 0 Å². The second-order valence-corrected chi connectivity index (χ2v) is 8.92. The molecule has 2 heterocycles. The number of anilines is 1. The third-order valence-electron chi connectivity index (χ3n) is 4.63. The number of pyridine rings is 1. The van der Waals surface area contributed by atoms with Crippen LogP contribution in [0.3, 0.4) is 0 Å². The number of nitrogens with one attached hydrogen (secondary N) is 1. The van der Waals surface area contributed by atoms with Crippen molar-refractivity contribution in [3.8, 4) is 23.3 Å². The number of hydrogen-bond donors (Lipinski definition) is 1. The number of nitriles is 1. The van der Waals surface area contributed by atoms with Gasteiger partial charge in [0.25, 0.3) is 5.91 Å². The van der Waals surface area contributed by atoms with E-state index in [1.165, 1.54) is 37.4 Å². The molecule has 0 saturated heterocycles. The number of carbonyl (C=O) groups is 1. The molecule has 4 aromatic rings. The fraction of sp³-hybridized carbons (Fsp3) is 0.0909. The average molecular weight is 466 g/mol. The van der Waals surface area contributed by atoms with Crippen LogP contribution in [-0.4, -0.2) is 37.7 Å². The fourth-order valence-corrected chi connectivity index (χ4v) is 3.89. The average Bonchev–Trinajstić information content (AvgIpc) is 3.21. The largest absolute Gasteiger partial charge is 0.494 e. The first-order chi connectivity index (χ1) is 15.7. The van der Waals surface area contributed by atoms with E-state index in [4.69, 9.17) is 14.4 Å². The summed E-state index contributed by atoms with van der Waals surface area (Å²) in [7, 11) is -2.41. The zero-order valence-corrected chi connectivity index (χ0v) is 18.1. The Morgan fingerprint density at radius 2 is 1.94 bits per heavy atom. The molecule has 9 nitrogen and oxygen atoms in total. The van der Waals surface area contributed by atoms with Gasteiger partial charge in [-0.15, -0.1) is 0 Å². The van der Waals surface area contributed by atoms with Gasteiger partial charge in [-0.05, 0) is 48.5 Å². The molecule has 11 heteroatoms. The Bertz CT molecular complexity index is 1560. The molecule has 2 aromatic carbocycles. The number of rotatable bonds is 5. The summed E-state index contributed by atoms with van der Waals surface area (Å²) in [6.07, 6.45) is 0.942. The first-order valence-electron chi connectivity index (χ1n) is 9.36. The first-order valence-corrected chi connectivity index (χ1v) is 11.3. The van der Waals surface area contributed by atoms with E-state index in [0.29, 0.717) is 16.7 Å². The number of fused-ring (bicyclic) bond motifs is 1. The monoisotopic (exact) mass is 466 g/mol. The molecule has 0 atom stereocenters. The number of nitrogens with zero attached hydrogens (tertiary/aromatic N) is 3. The molecule has 0 unspecified atom stereocenters. The van der Waals surface area contributed by atoms with Crippen LogP contribution in [0.2, 0.25) is 0 Å². The summed E-state index contributed by atoms with van der Waals surface area (Å²) in [5, 5.41) is 11.6. The second-order valence-electron chi connectivity index (χ2n) is 6.93. The minimum absolute atomic E-state index is 0.0856. The van der Waals surface area contributed by atoms with Gasteiger partial charge < -0.3 is 14.5 Å². The van der Waals surface area contributed by atoms with Gasteiger partial charge in [0.05, 0.1) is 12.0 Å². The molecule has 166 valence electrons. The maximum atomic E-state index is 14.0. The maximum absolute atomic E-state index is 14.0. The number of aromatic nitrogens is 2. The first kappa shape index (κ1) is 21.9. The lowest BCUT2D eigenvalue weighted by atomic mass is 10.2. The molecule has 0 fully saturated rings. The highest BCUT2D eigenvalue weighted by Crippen LogP contribution is 2.29. The van der Waals surface area contributed by atoms with Gasteiger partial charge in [-0.2, -0.15) is 5.26 Å². The van der Waals surface area contributed by atoms with Gasteiger partial charge >= 0.3 is 0 Å². The zero-order valence-electron chi connectivity index (χ0n) is 17.3. The van der Waals surface area contributed by atoms with E-state index in [9.17, 15) is 17.6 Å². The third-order valence-corrected chi connectivity index (χ3v) is 5.76. The van der Waals surface area contributed by atoms with Crippen LogP contribution in [0, 0.1) is 17.1 Å². The van der Waals surface area contributed by atoms with Crippen molar-refractivity contribution in [1.29, 1.82) is 5.26 Å². The van der Waals surface area contributed by atoms with Crippen LogP contribution in [0.4, 0.5) is 10.1 Å². The van der Waals surface area contributed by atoms with Crippen molar-refractivity contribution in [2.24, 2.45) is 0 Å². The molecule has 33 heavy (non-hydrogen) atoms. The van der Waals surface area contributed by atoms with Crippen molar-refractivity contribution < 1.29 is 26.8 Å². The Hall–Kier alpha value is -4.30. The highest BCUT2D eigenvalue weighted by Gasteiger charge is 2.22. The molecule has 1 N–H and O–H groups in total. The summed E-state index contributed by atoms with van der Waals surface area (Å²) >= 11 is 0. The van der Waals surface area contributed by atoms with Gasteiger partial charge in [0, 0.05) is 17.5 Å². The van der Waals surface area contributed by atoms with Crippen LogP contribution in [0.1, 0.15) is 16.2 Å². The Morgan fingerprint density at radius 1 is 1.15 bits per heavy atom. The van der Waals surface area contributed by atoms with Crippen molar-refractivity contribution in [3.05, 3.63) is 65.7 Å². The van der Waals surface area contributed by atoms with E-state index < -0.39 is 27.3 Å². The van der Waals surface area contributed by atoms with E-state index >= 15 is 0 Å². The molecular formula is C22H15FN4O5S. The lowest BCUT2D eigenvalue weighted by Gasteiger charge is -2.08. The Balaban J connectivity index is 1.66. The topological polar surface area (TPSA) is 135 Å². The quantitative estimate of drug-likeness (QED) is 0.472. The zero-order chi connectivity index (χ0) is 23.8. The van der Waals surface area contributed by atoms with E-state index in [2.05, 4.69) is 15.3 Å². The number of halogens is 1. The van der Waals surface area contributed by atoms with Crippen molar-refractivity contribution in [1.82, 2.24) is 9.97 Å². The van der Waals surface area contributed by atoms with Crippen molar-refractivity contribution in [3.63, 3.8) is 0 Å². The molecule has 1 amide bonds. The number of sulfone groups is 1. The van der Waals surface area contributed by atoms with Gasteiger partial charge in [-0.3, -0.25) is 4.79 Å². The third kappa shape index (κ3) is 4.37. The smallest absolute Gasteiger partial charge is 0.275 e. The molecular weight excluding hydrogens is 451 g/mol. The van der Waals surface area contributed by atoms with Crippen LogP contribution < -0.4 is 10.1 Å². The summed E-state index contributed by atoms with van der Waals surface area (Å²) < 4.78 is 48.6. The number of ether oxygens (including phenoxy) is 1. The fourth-order valence-electron chi connectivity index (χ4n) is 3.09. The molecule has 0 spiro atoms. The van der Waals surface area contributed by atoms with E-state index in [-0.39, 0.29) is 27.9 Å². The van der Waals surface area contributed by atoms with Crippen LogP contribution in [0.5, 0.6) is 5.75 Å². The molecule has 0 aliphatic heterocycles. The molecule has 0 radical (unpaired) electrons. The van der Waals surface area contributed by atoms with Crippen molar-refractivity contribution in [2.75, 3.05) is 18.7 Å². The number of oxazole rings is 1. The minimum atomic E-state index is -3.77. The van der Waals surface area contributed by atoms with Gasteiger partial charge in [-0.25, -0.2) is 22.8 Å². The molecule has 0 aliphatic carbocycles. The predicted molar refractivity (Wildman–Crippen MR) is 116 cm³/mol. The summed E-state index contributed by atoms with van der Waals surface area (Å²) in [6, 6.07) is 13.0. The molecule has 0 saturated carbocycles. The lowest BCUT2D eigenvalue weighted by molar-refractivity contribution is 0.101. The number of amides is 1. The van der Waals surface area contributed by atoms with Crippen LogP contribution in [-0.2, 0) is 9.84 Å². The van der Waals surface area contributed by atoms with E-state index in [0.717, 1.165) is 12.3 Å². The van der Waals surface area contributed by atoms with Crippen LogP contribution in [0.25, 0.3) is 22.6 Å². The summed E-state index contributed by atoms with van der Waals surface area (Å²) in [5.41, 5.74) is 0.950. The van der Waals surface area contributed by atoms with Crippen LogP contribution in [0.15, 0.2) is 57.8 Å². The number of methoxy groups -OCH3 is 1. The highest BCUT2D eigenvalue weighted by molar-refractivity contribution is 7.90. The second kappa shape index (κ2) is 8.33. The van der Waals surface area contributed by atoms with E-state index in [1.54, 1.807) is 18.2 Å². The number of benzene rings is 2. The predicted octanol–water partition coefficient (Wildman–Crippen LogP) is 3.56. The molecule has 0 bridgehead atoms. The van der Waals surface area contributed by atoms with Gasteiger partial charge in [0.2, 0.25) is 5.89 Å². The molecule has 4 rings (SSSR count). The Kier molecular flexibility index (Phi) is 5.53. The SMILES string of the molecule is COc1ccc(-c2nc3cc(NC(=O)c4nc(C#N)ccc4S(C)(=O)=O)ccc3o2)cc1F. The van der Waals surface area contributed by atoms with E-state index in [1.807, 2.05) is 0 Å². The summed E-state index contributed by atoms with van der Waals surface area (Å²) in [6.45, 7) is 0. The molecule has 0 aliphatic rings. The minimum Gasteiger partial charge on any atom is -0.494 e. The highest BCUT2D eigenvalue weighted by atomic mass is 32.2. The van der Waals surface area contributed by atoms with Gasteiger partial charge in [0.15, 0.2) is 27.0 Å². The van der Waals surface area contributed by atoms with Crippen molar-refractivity contribution >= 4 is 32.5 Å². The Labute approximate surface area is 187 Å². The maximum Gasteiger partial charge on any atom is 0.275 e. The number of carbonyl (C=O) groups excluding carboxylic acids is 1. The normalized spacial score (nSPS) is 11.2. The summed E-state index contributed by atoms with van der Waals surface area (Å²) in [5.74, 6) is -1.13. The number of hydrogen-bond acceptors (Lipinski definition) is 8. The molecule has 2 aromatic heterocycles. The van der Waals surface area contributed by atoms with Crippen molar-refractivity contribution in [2.45, 2.75) is 4.90 Å². The standard InChI is InChI=1S/C22H15FN4O5S/c1-31-17-6-3-12(9-15(17)23)22-27-16-10-13(4-7-18(16)32-22)26-21(28)20-19(33(2,29)30)8-5-14(11-24)25-20/h3-10H,1-2H3,(H,26,28). The summed E-state index contributed by atoms with van der Waals surface area (Å²) in [4.78, 5) is 20.6. The Morgan fingerprint density at radius 3 is 2.61 bits per heavy atom.